The maximum Gasteiger partial charge on any atom is 0.208 e. The zero-order chi connectivity index (χ0) is 16.7. The number of pyridine rings is 1. The molecule has 2 heterocycles. The fourth-order valence-electron chi connectivity index (χ4n) is 2.92. The van der Waals surface area contributed by atoms with Gasteiger partial charge in [-0.2, -0.15) is 0 Å². The van der Waals surface area contributed by atoms with Gasteiger partial charge >= 0.3 is 0 Å². The zero-order valence-electron chi connectivity index (χ0n) is 14.2. The Morgan fingerprint density at radius 1 is 1.13 bits per heavy atom. The minimum atomic E-state index is -0.592. The van der Waals surface area contributed by atoms with E-state index in [4.69, 9.17) is 32.7 Å². The molecule has 23 heavy (non-hydrogen) atoms. The van der Waals surface area contributed by atoms with Crippen molar-refractivity contribution < 1.29 is 9.47 Å². The first-order chi connectivity index (χ1) is 11.1. The number of fused-ring (bicyclic) bond motifs is 1. The van der Waals surface area contributed by atoms with E-state index in [1.165, 1.54) is 32.1 Å². The maximum absolute atomic E-state index is 6.18. The Kier molecular flexibility index (Phi) is 7.45. The lowest BCUT2D eigenvalue weighted by Gasteiger charge is -2.37. The Morgan fingerprint density at radius 2 is 1.87 bits per heavy atom. The number of halogens is 2. The summed E-state index contributed by atoms with van der Waals surface area (Å²) in [6, 6.07) is 0. The van der Waals surface area contributed by atoms with E-state index in [-0.39, 0.29) is 0 Å². The number of nitrogens with zero attached hydrogens (tertiary/aromatic N) is 1. The molecule has 0 amide bonds. The average molecular weight is 360 g/mol. The van der Waals surface area contributed by atoms with Gasteiger partial charge in [-0.15, -0.1) is 23.2 Å². The molecule has 130 valence electrons. The lowest BCUT2D eigenvalue weighted by Crippen LogP contribution is -2.39. The molecule has 5 heteroatoms. The summed E-state index contributed by atoms with van der Waals surface area (Å²) in [5.74, 6) is 0.917. The Morgan fingerprint density at radius 3 is 2.57 bits per heavy atom. The highest BCUT2D eigenvalue weighted by Gasteiger charge is 2.34. The second-order valence-electron chi connectivity index (χ2n) is 6.35. The van der Waals surface area contributed by atoms with Crippen LogP contribution in [0.15, 0.2) is 6.20 Å². The molecule has 0 N–H and O–H groups in total. The predicted molar refractivity (Wildman–Crippen MR) is 95.2 cm³/mol. The van der Waals surface area contributed by atoms with E-state index >= 15 is 0 Å². The molecule has 3 nitrogen and oxygen atoms in total. The van der Waals surface area contributed by atoms with Gasteiger partial charge in [-0.1, -0.05) is 39.0 Å². The summed E-state index contributed by atoms with van der Waals surface area (Å²) < 4.78 is 12.2. The second-order valence-corrected chi connectivity index (χ2v) is 6.88. The van der Waals surface area contributed by atoms with Crippen LogP contribution in [0.3, 0.4) is 0 Å². The molecule has 1 unspecified atom stereocenters. The molecule has 1 aliphatic heterocycles. The molecule has 0 spiro atoms. The third-order valence-corrected chi connectivity index (χ3v) is 4.94. The number of aromatic nitrogens is 1. The van der Waals surface area contributed by atoms with Crippen molar-refractivity contribution in [2.24, 2.45) is 0 Å². The van der Waals surface area contributed by atoms with Crippen molar-refractivity contribution in [2.75, 3.05) is 0 Å². The monoisotopic (exact) mass is 359 g/mol. The molecular formula is C18H27Cl2NO2. The third-order valence-electron chi connectivity index (χ3n) is 4.39. The van der Waals surface area contributed by atoms with Gasteiger partial charge in [0, 0.05) is 31.0 Å². The van der Waals surface area contributed by atoms with Crippen LogP contribution in [-0.2, 0) is 23.1 Å². The van der Waals surface area contributed by atoms with Crippen LogP contribution >= 0.6 is 23.2 Å². The van der Waals surface area contributed by atoms with Crippen LogP contribution in [0.1, 0.15) is 75.6 Å². The molecule has 0 saturated heterocycles. The van der Waals surface area contributed by atoms with E-state index < -0.39 is 5.79 Å². The second kappa shape index (κ2) is 9.10. The summed E-state index contributed by atoms with van der Waals surface area (Å²) in [4.78, 5) is 4.38. The van der Waals surface area contributed by atoms with E-state index in [2.05, 4.69) is 11.9 Å². The van der Waals surface area contributed by atoms with Crippen LogP contribution in [0.25, 0.3) is 0 Å². The van der Waals surface area contributed by atoms with Crippen LogP contribution < -0.4 is 4.74 Å². The Hall–Kier alpha value is -0.510. The smallest absolute Gasteiger partial charge is 0.208 e. The average Bonchev–Trinajstić information content (AvgIpc) is 2.56. The van der Waals surface area contributed by atoms with Crippen molar-refractivity contribution in [2.45, 2.75) is 82.9 Å². The van der Waals surface area contributed by atoms with Crippen molar-refractivity contribution in [1.82, 2.24) is 4.98 Å². The third kappa shape index (κ3) is 4.98. The largest absolute Gasteiger partial charge is 0.460 e. The molecule has 1 atom stereocenters. The van der Waals surface area contributed by atoms with Crippen molar-refractivity contribution >= 4 is 23.2 Å². The normalized spacial score (nSPS) is 20.2. The predicted octanol–water partition coefficient (Wildman–Crippen LogP) is 5.94. The summed E-state index contributed by atoms with van der Waals surface area (Å²) in [5, 5.41) is 0. The van der Waals surface area contributed by atoms with Gasteiger partial charge in [0.1, 0.15) is 0 Å². The Balaban J connectivity index is 1.98. The topological polar surface area (TPSA) is 31.4 Å². The lowest BCUT2D eigenvalue weighted by molar-refractivity contribution is -0.198. The van der Waals surface area contributed by atoms with Gasteiger partial charge in [0.25, 0.3) is 0 Å². The highest BCUT2D eigenvalue weighted by Crippen LogP contribution is 2.38. The molecular weight excluding hydrogens is 333 g/mol. The number of unbranched alkanes of at least 4 members (excludes halogenated alkanes) is 5. The van der Waals surface area contributed by atoms with E-state index in [0.717, 1.165) is 35.4 Å². The summed E-state index contributed by atoms with van der Waals surface area (Å²) in [6.45, 7) is 4.75. The van der Waals surface area contributed by atoms with E-state index in [1.807, 2.05) is 6.92 Å². The minimum Gasteiger partial charge on any atom is -0.460 e. The standard InChI is InChI=1S/C18H27Cl2NO2/c1-3-4-5-6-7-8-9-18(2)22-13-15-14(10-19)12-21-16(11-20)17(15)23-18/h12H,3-11,13H2,1-2H3. The van der Waals surface area contributed by atoms with E-state index in [0.29, 0.717) is 18.4 Å². The van der Waals surface area contributed by atoms with Gasteiger partial charge < -0.3 is 9.47 Å². The molecule has 0 bridgehead atoms. The molecule has 1 aromatic heterocycles. The zero-order valence-corrected chi connectivity index (χ0v) is 15.7. The molecule has 0 aliphatic carbocycles. The van der Waals surface area contributed by atoms with Gasteiger partial charge in [0.05, 0.1) is 18.2 Å². The van der Waals surface area contributed by atoms with Gasteiger partial charge in [-0.25, -0.2) is 0 Å². The van der Waals surface area contributed by atoms with Crippen LogP contribution in [0.5, 0.6) is 5.75 Å². The van der Waals surface area contributed by atoms with Crippen LogP contribution in [0.2, 0.25) is 0 Å². The first-order valence-corrected chi connectivity index (χ1v) is 9.65. The number of hydrogen-bond acceptors (Lipinski definition) is 3. The van der Waals surface area contributed by atoms with Crippen molar-refractivity contribution in [3.8, 4) is 5.75 Å². The summed E-state index contributed by atoms with van der Waals surface area (Å²) in [5.41, 5.74) is 2.72. The quantitative estimate of drug-likeness (QED) is 0.404. The van der Waals surface area contributed by atoms with Crippen molar-refractivity contribution in [3.63, 3.8) is 0 Å². The van der Waals surface area contributed by atoms with Gasteiger partial charge in [-0.3, -0.25) is 4.98 Å². The van der Waals surface area contributed by atoms with Gasteiger partial charge in [-0.05, 0) is 12.0 Å². The lowest BCUT2D eigenvalue weighted by atomic mass is 10.0. The number of alkyl halides is 2. The number of ether oxygens (including phenoxy) is 2. The minimum absolute atomic E-state index is 0.331. The van der Waals surface area contributed by atoms with E-state index in [9.17, 15) is 0 Å². The van der Waals surface area contributed by atoms with E-state index in [1.54, 1.807) is 6.20 Å². The summed E-state index contributed by atoms with van der Waals surface area (Å²) in [6.07, 6.45) is 10.2. The van der Waals surface area contributed by atoms with Crippen molar-refractivity contribution in [3.05, 3.63) is 23.0 Å². The van der Waals surface area contributed by atoms with Crippen molar-refractivity contribution in [1.29, 1.82) is 0 Å². The maximum atomic E-state index is 6.18. The van der Waals surface area contributed by atoms with Crippen LogP contribution in [0.4, 0.5) is 0 Å². The Bertz CT molecular complexity index is 510. The Labute approximate surface area is 149 Å². The molecule has 0 radical (unpaired) electrons. The van der Waals surface area contributed by atoms with Crippen LogP contribution in [0, 0.1) is 0 Å². The highest BCUT2D eigenvalue weighted by molar-refractivity contribution is 6.17. The SMILES string of the molecule is CCCCCCCCC1(C)OCc2c(CCl)cnc(CCl)c2O1. The first-order valence-electron chi connectivity index (χ1n) is 8.58. The molecule has 2 rings (SSSR count). The molecule has 0 fully saturated rings. The summed E-state index contributed by atoms with van der Waals surface area (Å²) in [7, 11) is 0. The highest BCUT2D eigenvalue weighted by atomic mass is 35.5. The van der Waals surface area contributed by atoms with Crippen LogP contribution in [-0.4, -0.2) is 10.8 Å². The molecule has 1 aromatic rings. The number of hydrogen-bond donors (Lipinski definition) is 0. The molecule has 0 aromatic carbocycles. The van der Waals surface area contributed by atoms with Gasteiger partial charge in [0.2, 0.25) is 5.79 Å². The molecule has 0 saturated carbocycles. The fourth-order valence-corrected chi connectivity index (χ4v) is 3.34. The first kappa shape index (κ1) is 18.8. The summed E-state index contributed by atoms with van der Waals surface area (Å²) >= 11 is 12.0. The van der Waals surface area contributed by atoms with Gasteiger partial charge in [0.15, 0.2) is 5.75 Å². The fraction of sp³-hybridized carbons (Fsp3) is 0.722. The number of rotatable bonds is 9. The molecule has 1 aliphatic rings.